The Kier molecular flexibility index (Phi) is 4.49. The lowest BCUT2D eigenvalue weighted by molar-refractivity contribution is -0.141. The average Bonchev–Trinajstić information content (AvgIpc) is 2.74. The summed E-state index contributed by atoms with van der Waals surface area (Å²) >= 11 is 7.22. The molecular weight excluding hydrogens is 317 g/mol. The van der Waals surface area contributed by atoms with E-state index in [1.54, 1.807) is 6.92 Å². The van der Waals surface area contributed by atoms with E-state index >= 15 is 0 Å². The zero-order valence-corrected chi connectivity index (χ0v) is 12.9. The number of fused-ring (bicyclic) bond motifs is 1. The summed E-state index contributed by atoms with van der Waals surface area (Å²) in [5.41, 5.74) is 0. The molecule has 1 aromatic heterocycles. The van der Waals surface area contributed by atoms with Gasteiger partial charge in [-0.15, -0.1) is 11.3 Å². The van der Waals surface area contributed by atoms with Gasteiger partial charge in [-0.3, -0.25) is 9.59 Å². The molecule has 2 aromatic rings. The number of hydrogen-bond acceptors (Lipinski definition) is 3. The van der Waals surface area contributed by atoms with Crippen molar-refractivity contribution < 1.29 is 19.1 Å². The number of carboxylic acid groups (broad SMARTS) is 1. The Hall–Kier alpha value is -1.66. The standard InChI is InChI=1S/C14H13ClFNO3S/c1-6(14(19)20)7(2)17-13(18)12-11(15)9-4-3-8(16)5-10(9)21-12/h3-7H,1-2H3,(H,17,18)(H,19,20). The molecule has 0 saturated carbocycles. The smallest absolute Gasteiger partial charge is 0.308 e. The molecular formula is C14H13ClFNO3S. The van der Waals surface area contributed by atoms with Crippen LogP contribution < -0.4 is 5.32 Å². The second-order valence-corrected chi connectivity index (χ2v) is 6.20. The molecule has 1 heterocycles. The number of carbonyl (C=O) groups excluding carboxylic acids is 1. The van der Waals surface area contributed by atoms with Crippen LogP contribution in [0.2, 0.25) is 5.02 Å². The zero-order chi connectivity index (χ0) is 15.7. The van der Waals surface area contributed by atoms with E-state index in [4.69, 9.17) is 16.7 Å². The summed E-state index contributed by atoms with van der Waals surface area (Å²) in [5, 5.41) is 12.4. The number of aliphatic carboxylic acids is 1. The molecule has 2 unspecified atom stereocenters. The van der Waals surface area contributed by atoms with E-state index in [1.165, 1.54) is 25.1 Å². The molecule has 7 heteroatoms. The van der Waals surface area contributed by atoms with Gasteiger partial charge in [-0.05, 0) is 32.0 Å². The van der Waals surface area contributed by atoms with E-state index in [0.29, 0.717) is 10.1 Å². The lowest BCUT2D eigenvalue weighted by Gasteiger charge is -2.17. The van der Waals surface area contributed by atoms with Gasteiger partial charge in [0, 0.05) is 16.1 Å². The van der Waals surface area contributed by atoms with Gasteiger partial charge in [0.1, 0.15) is 10.7 Å². The molecule has 2 N–H and O–H groups in total. The van der Waals surface area contributed by atoms with Crippen molar-refractivity contribution in [2.24, 2.45) is 5.92 Å². The van der Waals surface area contributed by atoms with Gasteiger partial charge < -0.3 is 10.4 Å². The van der Waals surface area contributed by atoms with E-state index in [1.807, 2.05) is 0 Å². The van der Waals surface area contributed by atoms with Gasteiger partial charge in [0.2, 0.25) is 0 Å². The van der Waals surface area contributed by atoms with Crippen molar-refractivity contribution in [2.75, 3.05) is 0 Å². The first kappa shape index (κ1) is 15.7. The first-order chi connectivity index (χ1) is 9.81. The predicted octanol–water partition coefficient (Wildman–Crippen LogP) is 3.53. The first-order valence-corrected chi connectivity index (χ1v) is 7.42. The highest BCUT2D eigenvalue weighted by atomic mass is 35.5. The summed E-state index contributed by atoms with van der Waals surface area (Å²) in [6, 6.07) is 3.56. The third kappa shape index (κ3) is 3.16. The van der Waals surface area contributed by atoms with Crippen LogP contribution in [0.25, 0.3) is 10.1 Å². The highest BCUT2D eigenvalue weighted by Crippen LogP contribution is 2.35. The fraction of sp³-hybridized carbons (Fsp3) is 0.286. The van der Waals surface area contributed by atoms with E-state index in [2.05, 4.69) is 5.32 Å². The van der Waals surface area contributed by atoms with Crippen LogP contribution in [0, 0.1) is 11.7 Å². The van der Waals surface area contributed by atoms with Gasteiger partial charge in [0.25, 0.3) is 5.91 Å². The topological polar surface area (TPSA) is 66.4 Å². The van der Waals surface area contributed by atoms with Gasteiger partial charge in [0.05, 0.1) is 10.9 Å². The lowest BCUT2D eigenvalue weighted by atomic mass is 10.0. The Morgan fingerprint density at radius 3 is 2.67 bits per heavy atom. The summed E-state index contributed by atoms with van der Waals surface area (Å²) in [7, 11) is 0. The van der Waals surface area contributed by atoms with E-state index in [9.17, 15) is 14.0 Å². The molecule has 2 atom stereocenters. The predicted molar refractivity (Wildman–Crippen MR) is 80.5 cm³/mol. The summed E-state index contributed by atoms with van der Waals surface area (Å²) in [6.45, 7) is 3.12. The maximum Gasteiger partial charge on any atom is 0.308 e. The zero-order valence-electron chi connectivity index (χ0n) is 11.3. The Morgan fingerprint density at radius 1 is 1.38 bits per heavy atom. The number of carbonyl (C=O) groups is 2. The second-order valence-electron chi connectivity index (χ2n) is 4.77. The van der Waals surface area contributed by atoms with Gasteiger partial charge in [-0.25, -0.2) is 4.39 Å². The number of hydrogen-bond donors (Lipinski definition) is 2. The molecule has 0 saturated heterocycles. The summed E-state index contributed by atoms with van der Waals surface area (Å²) in [6.07, 6.45) is 0. The Balaban J connectivity index is 2.27. The van der Waals surface area contributed by atoms with E-state index in [-0.39, 0.29) is 9.90 Å². The Bertz CT molecular complexity index is 716. The summed E-state index contributed by atoms with van der Waals surface area (Å²) in [4.78, 5) is 23.3. The minimum Gasteiger partial charge on any atom is -0.481 e. The molecule has 112 valence electrons. The maximum atomic E-state index is 13.2. The summed E-state index contributed by atoms with van der Waals surface area (Å²) in [5.74, 6) is -2.57. The molecule has 0 fully saturated rings. The number of amides is 1. The number of benzene rings is 1. The van der Waals surface area contributed by atoms with E-state index in [0.717, 1.165) is 11.3 Å². The van der Waals surface area contributed by atoms with Gasteiger partial charge in [-0.1, -0.05) is 11.6 Å². The fourth-order valence-electron chi connectivity index (χ4n) is 1.80. The van der Waals surface area contributed by atoms with Crippen LogP contribution in [-0.4, -0.2) is 23.0 Å². The van der Waals surface area contributed by atoms with Crippen molar-refractivity contribution in [1.29, 1.82) is 0 Å². The monoisotopic (exact) mass is 329 g/mol. The highest BCUT2D eigenvalue weighted by Gasteiger charge is 2.24. The Morgan fingerprint density at radius 2 is 2.05 bits per heavy atom. The molecule has 0 spiro atoms. The molecule has 0 aliphatic heterocycles. The van der Waals surface area contributed by atoms with Gasteiger partial charge in [-0.2, -0.15) is 0 Å². The van der Waals surface area contributed by atoms with Crippen molar-refractivity contribution in [3.05, 3.63) is 33.9 Å². The highest BCUT2D eigenvalue weighted by molar-refractivity contribution is 7.21. The molecule has 4 nitrogen and oxygen atoms in total. The van der Waals surface area contributed by atoms with Crippen LogP contribution >= 0.6 is 22.9 Å². The SMILES string of the molecule is CC(NC(=O)c1sc2cc(F)ccc2c1Cl)C(C)C(=O)O. The van der Waals surface area contributed by atoms with Crippen molar-refractivity contribution in [2.45, 2.75) is 19.9 Å². The molecule has 1 amide bonds. The fourth-order valence-corrected chi connectivity index (χ4v) is 3.24. The van der Waals surface area contributed by atoms with E-state index < -0.39 is 29.7 Å². The largest absolute Gasteiger partial charge is 0.481 e. The third-order valence-electron chi connectivity index (χ3n) is 3.30. The molecule has 2 rings (SSSR count). The summed E-state index contributed by atoms with van der Waals surface area (Å²) < 4.78 is 13.8. The molecule has 21 heavy (non-hydrogen) atoms. The van der Waals surface area contributed by atoms with Crippen LogP contribution in [-0.2, 0) is 4.79 Å². The van der Waals surface area contributed by atoms with Crippen LogP contribution in [0.4, 0.5) is 4.39 Å². The molecule has 0 radical (unpaired) electrons. The second kappa shape index (κ2) is 5.99. The van der Waals surface area contributed by atoms with Crippen LogP contribution in [0.3, 0.4) is 0 Å². The molecule has 1 aromatic carbocycles. The normalized spacial score (nSPS) is 13.9. The quantitative estimate of drug-likeness (QED) is 0.901. The lowest BCUT2D eigenvalue weighted by Crippen LogP contribution is -2.39. The Labute approximate surface area is 129 Å². The molecule has 0 aliphatic rings. The molecule has 0 bridgehead atoms. The first-order valence-electron chi connectivity index (χ1n) is 6.22. The van der Waals surface area contributed by atoms with Crippen molar-refractivity contribution in [3.8, 4) is 0 Å². The van der Waals surface area contributed by atoms with Gasteiger partial charge >= 0.3 is 5.97 Å². The number of thiophene rings is 1. The average molecular weight is 330 g/mol. The minimum atomic E-state index is -0.993. The van der Waals surface area contributed by atoms with Gasteiger partial charge in [0.15, 0.2) is 0 Å². The van der Waals surface area contributed by atoms with Crippen LogP contribution in [0.15, 0.2) is 18.2 Å². The molecule has 0 aliphatic carbocycles. The third-order valence-corrected chi connectivity index (χ3v) is 4.95. The van der Waals surface area contributed by atoms with Crippen molar-refractivity contribution in [3.63, 3.8) is 0 Å². The minimum absolute atomic E-state index is 0.252. The number of halogens is 2. The number of carboxylic acids is 1. The number of nitrogens with one attached hydrogen (secondary N) is 1. The maximum absolute atomic E-state index is 13.2. The van der Waals surface area contributed by atoms with Crippen molar-refractivity contribution >= 4 is 44.9 Å². The van der Waals surface area contributed by atoms with Crippen LogP contribution in [0.1, 0.15) is 23.5 Å². The number of rotatable bonds is 4. The van der Waals surface area contributed by atoms with Crippen LogP contribution in [0.5, 0.6) is 0 Å². The van der Waals surface area contributed by atoms with Crippen molar-refractivity contribution in [1.82, 2.24) is 5.32 Å².